The van der Waals surface area contributed by atoms with Crippen LogP contribution in [0, 0.1) is 3.57 Å². The van der Waals surface area contributed by atoms with Crippen molar-refractivity contribution in [3.05, 3.63) is 57.3 Å². The molecule has 0 bridgehead atoms. The van der Waals surface area contributed by atoms with E-state index < -0.39 is 0 Å². The Bertz CT molecular complexity index is 635. The summed E-state index contributed by atoms with van der Waals surface area (Å²) < 4.78 is 6.51. The van der Waals surface area contributed by atoms with Crippen LogP contribution < -0.4 is 15.4 Å². The van der Waals surface area contributed by atoms with Gasteiger partial charge < -0.3 is 15.4 Å². The number of benzene rings is 1. The minimum atomic E-state index is 0.353. The van der Waals surface area contributed by atoms with Crippen LogP contribution in [-0.2, 0) is 6.54 Å². The lowest BCUT2D eigenvalue weighted by Crippen LogP contribution is -2.45. The quantitative estimate of drug-likeness (QED) is 0.725. The van der Waals surface area contributed by atoms with Gasteiger partial charge in [-0.3, -0.25) is 0 Å². The van der Waals surface area contributed by atoms with Gasteiger partial charge in [-0.2, -0.15) is 0 Å². The number of methoxy groups -OCH3 is 1. The van der Waals surface area contributed by atoms with Crippen LogP contribution in [-0.4, -0.2) is 24.7 Å². The van der Waals surface area contributed by atoms with Crippen LogP contribution in [0.5, 0.6) is 5.88 Å². The van der Waals surface area contributed by atoms with Gasteiger partial charge in [-0.05, 0) is 53.6 Å². The van der Waals surface area contributed by atoms with Crippen LogP contribution >= 0.6 is 22.6 Å². The van der Waals surface area contributed by atoms with E-state index in [2.05, 4.69) is 74.6 Å². The van der Waals surface area contributed by atoms with Crippen LogP contribution in [0.3, 0.4) is 0 Å². The standard InChI is InChI=1S/C18H22IN3O/c1-23-18-14(10-15(19)12-22-18)11-21-16-8-5-9-20-17(16)13-6-3-2-4-7-13/h2-4,6-7,10,12,16-17,20-21H,5,8-9,11H2,1H3. The second-order valence-electron chi connectivity index (χ2n) is 5.79. The smallest absolute Gasteiger partial charge is 0.217 e. The Balaban J connectivity index is 1.72. The molecule has 2 aromatic rings. The molecule has 0 saturated carbocycles. The number of hydrogen-bond donors (Lipinski definition) is 2. The predicted molar refractivity (Wildman–Crippen MR) is 101 cm³/mol. The van der Waals surface area contributed by atoms with Gasteiger partial charge in [0, 0.05) is 34.0 Å². The second kappa shape index (κ2) is 8.08. The van der Waals surface area contributed by atoms with E-state index >= 15 is 0 Å². The zero-order valence-electron chi connectivity index (χ0n) is 13.3. The lowest BCUT2D eigenvalue weighted by atomic mass is 9.92. The third-order valence-electron chi connectivity index (χ3n) is 4.26. The van der Waals surface area contributed by atoms with E-state index in [4.69, 9.17) is 4.74 Å². The number of halogens is 1. The zero-order chi connectivity index (χ0) is 16.1. The Morgan fingerprint density at radius 1 is 1.35 bits per heavy atom. The number of rotatable bonds is 5. The fourth-order valence-corrected chi connectivity index (χ4v) is 3.65. The first-order chi connectivity index (χ1) is 11.3. The molecule has 2 N–H and O–H groups in total. The predicted octanol–water partition coefficient (Wildman–Crippen LogP) is 3.28. The summed E-state index contributed by atoms with van der Waals surface area (Å²) in [5, 5.41) is 7.35. The summed E-state index contributed by atoms with van der Waals surface area (Å²) in [6.45, 7) is 1.84. The normalized spacial score (nSPS) is 21.1. The molecule has 1 aromatic heterocycles. The summed E-state index contributed by atoms with van der Waals surface area (Å²) >= 11 is 2.29. The van der Waals surface area contributed by atoms with E-state index in [0.717, 1.165) is 22.2 Å². The van der Waals surface area contributed by atoms with Crippen LogP contribution in [0.4, 0.5) is 0 Å². The van der Waals surface area contributed by atoms with Gasteiger partial charge in [0.05, 0.1) is 7.11 Å². The molecule has 0 spiro atoms. The third-order valence-corrected chi connectivity index (χ3v) is 4.85. The first kappa shape index (κ1) is 16.7. The Hall–Kier alpha value is -1.18. The van der Waals surface area contributed by atoms with Gasteiger partial charge in [0.25, 0.3) is 0 Å². The maximum Gasteiger partial charge on any atom is 0.217 e. The van der Waals surface area contributed by atoms with Gasteiger partial charge in [0.1, 0.15) is 0 Å². The van der Waals surface area contributed by atoms with E-state index in [-0.39, 0.29) is 0 Å². The van der Waals surface area contributed by atoms with Crippen LogP contribution in [0.2, 0.25) is 0 Å². The number of nitrogens with one attached hydrogen (secondary N) is 2. The van der Waals surface area contributed by atoms with Crippen molar-refractivity contribution in [2.24, 2.45) is 0 Å². The van der Waals surface area contributed by atoms with Gasteiger partial charge in [-0.25, -0.2) is 4.98 Å². The fourth-order valence-electron chi connectivity index (χ4n) is 3.14. The molecule has 3 rings (SSSR count). The van der Waals surface area contributed by atoms with Crippen molar-refractivity contribution in [1.82, 2.24) is 15.6 Å². The summed E-state index contributed by atoms with van der Waals surface area (Å²) in [6.07, 6.45) is 4.20. The summed E-state index contributed by atoms with van der Waals surface area (Å²) in [7, 11) is 1.67. The van der Waals surface area contributed by atoms with Gasteiger partial charge >= 0.3 is 0 Å². The van der Waals surface area contributed by atoms with E-state index in [1.807, 2.05) is 6.20 Å². The molecular formula is C18H22IN3O. The average Bonchev–Trinajstić information content (AvgIpc) is 2.61. The van der Waals surface area contributed by atoms with Gasteiger partial charge in [0.15, 0.2) is 0 Å². The average molecular weight is 423 g/mol. The molecule has 1 aromatic carbocycles. The number of hydrogen-bond acceptors (Lipinski definition) is 4. The Morgan fingerprint density at radius 3 is 2.96 bits per heavy atom. The molecule has 5 heteroatoms. The molecule has 23 heavy (non-hydrogen) atoms. The summed E-state index contributed by atoms with van der Waals surface area (Å²) in [5.74, 6) is 0.706. The third kappa shape index (κ3) is 4.22. The molecule has 2 atom stereocenters. The van der Waals surface area contributed by atoms with Crippen LogP contribution in [0.15, 0.2) is 42.6 Å². The first-order valence-corrected chi connectivity index (χ1v) is 9.06. The molecule has 0 amide bonds. The topological polar surface area (TPSA) is 46.2 Å². The molecule has 4 nitrogen and oxygen atoms in total. The number of pyridine rings is 1. The summed E-state index contributed by atoms with van der Waals surface area (Å²) in [5.41, 5.74) is 2.45. The largest absolute Gasteiger partial charge is 0.481 e. The van der Waals surface area contributed by atoms with Gasteiger partial charge in [-0.1, -0.05) is 30.3 Å². The molecule has 1 fully saturated rings. The molecule has 0 aliphatic carbocycles. The SMILES string of the molecule is COc1ncc(I)cc1CNC1CCCNC1c1ccccc1. The second-order valence-corrected chi connectivity index (χ2v) is 7.04. The number of piperidine rings is 1. The van der Waals surface area contributed by atoms with Crippen LogP contribution in [0.1, 0.15) is 30.0 Å². The molecule has 1 aliphatic heterocycles. The van der Waals surface area contributed by atoms with Crippen molar-refractivity contribution in [3.8, 4) is 5.88 Å². The van der Waals surface area contributed by atoms with Crippen molar-refractivity contribution >= 4 is 22.6 Å². The van der Waals surface area contributed by atoms with Crippen LogP contribution in [0.25, 0.3) is 0 Å². The van der Waals surface area contributed by atoms with Crippen molar-refractivity contribution in [1.29, 1.82) is 0 Å². The molecular weight excluding hydrogens is 401 g/mol. The van der Waals surface area contributed by atoms with E-state index in [1.54, 1.807) is 7.11 Å². The highest BCUT2D eigenvalue weighted by Crippen LogP contribution is 2.25. The summed E-state index contributed by atoms with van der Waals surface area (Å²) in [6, 6.07) is 13.6. The van der Waals surface area contributed by atoms with Crippen molar-refractivity contribution in [2.45, 2.75) is 31.5 Å². The molecule has 2 heterocycles. The van der Waals surface area contributed by atoms with Crippen molar-refractivity contribution in [2.75, 3.05) is 13.7 Å². The highest BCUT2D eigenvalue weighted by Gasteiger charge is 2.25. The molecule has 1 saturated heterocycles. The molecule has 0 radical (unpaired) electrons. The maximum atomic E-state index is 5.38. The number of nitrogens with zero attached hydrogens (tertiary/aromatic N) is 1. The van der Waals surface area contributed by atoms with Gasteiger partial charge in [-0.15, -0.1) is 0 Å². The minimum absolute atomic E-state index is 0.353. The minimum Gasteiger partial charge on any atom is -0.481 e. The monoisotopic (exact) mass is 423 g/mol. The highest BCUT2D eigenvalue weighted by atomic mass is 127. The highest BCUT2D eigenvalue weighted by molar-refractivity contribution is 14.1. The van der Waals surface area contributed by atoms with E-state index in [0.29, 0.717) is 18.0 Å². The Labute approximate surface area is 151 Å². The van der Waals surface area contributed by atoms with E-state index in [1.165, 1.54) is 18.4 Å². The van der Waals surface area contributed by atoms with E-state index in [9.17, 15) is 0 Å². The fraction of sp³-hybridized carbons (Fsp3) is 0.389. The Kier molecular flexibility index (Phi) is 5.85. The molecule has 122 valence electrons. The molecule has 2 unspecified atom stereocenters. The Morgan fingerprint density at radius 2 is 2.17 bits per heavy atom. The lowest BCUT2D eigenvalue weighted by Gasteiger charge is -2.34. The summed E-state index contributed by atoms with van der Waals surface area (Å²) in [4.78, 5) is 4.35. The maximum absolute atomic E-state index is 5.38. The van der Waals surface area contributed by atoms with Gasteiger partial charge in [0.2, 0.25) is 5.88 Å². The van der Waals surface area contributed by atoms with Crippen molar-refractivity contribution in [3.63, 3.8) is 0 Å². The first-order valence-electron chi connectivity index (χ1n) is 7.98. The number of aromatic nitrogens is 1. The lowest BCUT2D eigenvalue weighted by molar-refractivity contribution is 0.302. The number of ether oxygens (including phenoxy) is 1. The van der Waals surface area contributed by atoms with Crippen molar-refractivity contribution < 1.29 is 4.74 Å². The molecule has 1 aliphatic rings. The zero-order valence-corrected chi connectivity index (χ0v) is 15.4.